The molecule has 1 aromatic heterocycles. The molecule has 110 valence electrons. The third-order valence-corrected chi connectivity index (χ3v) is 3.84. The van der Waals surface area contributed by atoms with Crippen molar-refractivity contribution < 1.29 is 9.45 Å². The van der Waals surface area contributed by atoms with Crippen LogP contribution in [0.2, 0.25) is 0 Å². The summed E-state index contributed by atoms with van der Waals surface area (Å²) in [5.74, 6) is 1.26. The number of nitrogens with zero attached hydrogens (tertiary/aromatic N) is 3. The van der Waals surface area contributed by atoms with Crippen LogP contribution in [0.15, 0.2) is 22.7 Å². The first kappa shape index (κ1) is 13.7. The first-order chi connectivity index (χ1) is 10.2. The molecule has 1 fully saturated rings. The maximum Gasteiger partial charge on any atom is 0.273 e. The molecule has 7 nitrogen and oxygen atoms in total. The molecule has 21 heavy (non-hydrogen) atoms. The molecule has 0 spiro atoms. The van der Waals surface area contributed by atoms with Crippen molar-refractivity contribution in [2.45, 2.75) is 25.7 Å². The van der Waals surface area contributed by atoms with Crippen molar-refractivity contribution >= 4 is 5.69 Å². The Kier molecular flexibility index (Phi) is 3.66. The van der Waals surface area contributed by atoms with E-state index in [9.17, 15) is 10.1 Å². The second-order valence-corrected chi connectivity index (χ2v) is 5.21. The molecule has 0 bridgehead atoms. The average molecular weight is 288 g/mol. The Bertz CT molecular complexity index is 662. The van der Waals surface area contributed by atoms with Crippen LogP contribution in [0.1, 0.15) is 30.1 Å². The minimum atomic E-state index is -0.402. The lowest BCUT2D eigenvalue weighted by atomic mass is 9.99. The Hall–Kier alpha value is -2.28. The van der Waals surface area contributed by atoms with Gasteiger partial charge in [-0.3, -0.25) is 10.1 Å². The van der Waals surface area contributed by atoms with Crippen LogP contribution < -0.4 is 5.32 Å². The van der Waals surface area contributed by atoms with Gasteiger partial charge in [0, 0.05) is 29.7 Å². The van der Waals surface area contributed by atoms with Gasteiger partial charge in [0.25, 0.3) is 11.6 Å². The number of nitro benzene ring substituents is 1. The molecule has 1 N–H and O–H groups in total. The predicted octanol–water partition coefficient (Wildman–Crippen LogP) is 2.42. The van der Waals surface area contributed by atoms with Gasteiger partial charge in [0.2, 0.25) is 0 Å². The topological polar surface area (TPSA) is 94.1 Å². The lowest BCUT2D eigenvalue weighted by Crippen LogP contribution is -2.28. The molecule has 0 aliphatic carbocycles. The van der Waals surface area contributed by atoms with Crippen molar-refractivity contribution in [3.05, 3.63) is 39.7 Å². The molecule has 2 aromatic rings. The molecule has 1 aliphatic rings. The van der Waals surface area contributed by atoms with Gasteiger partial charge in [0.05, 0.1) is 4.92 Å². The number of hydrogen-bond acceptors (Lipinski definition) is 6. The van der Waals surface area contributed by atoms with E-state index in [1.165, 1.54) is 6.07 Å². The second-order valence-electron chi connectivity index (χ2n) is 5.21. The number of nitro groups is 1. The molecule has 7 heteroatoms. The fourth-order valence-electron chi connectivity index (χ4n) is 2.64. The van der Waals surface area contributed by atoms with Crippen molar-refractivity contribution in [3.8, 4) is 11.5 Å². The zero-order valence-corrected chi connectivity index (χ0v) is 11.7. The molecular weight excluding hydrogens is 272 g/mol. The fraction of sp³-hybridized carbons (Fsp3) is 0.429. The Morgan fingerprint density at radius 3 is 3.05 bits per heavy atom. The third kappa shape index (κ3) is 2.64. The van der Waals surface area contributed by atoms with Crippen LogP contribution in [0.4, 0.5) is 5.69 Å². The van der Waals surface area contributed by atoms with Crippen LogP contribution >= 0.6 is 0 Å². The first-order valence-corrected chi connectivity index (χ1v) is 6.95. The van der Waals surface area contributed by atoms with Crippen molar-refractivity contribution in [2.24, 2.45) is 0 Å². The van der Waals surface area contributed by atoms with Crippen molar-refractivity contribution in [1.29, 1.82) is 0 Å². The van der Waals surface area contributed by atoms with E-state index in [0.717, 1.165) is 25.9 Å². The standard InChI is InChI=1S/C14H16N4O3/c1-9-11(5-2-6-12(9)18(19)20)14-16-13(17-21-14)10-4-3-7-15-8-10/h2,5-6,10,15H,3-4,7-8H2,1H3. The van der Waals surface area contributed by atoms with Gasteiger partial charge in [-0.2, -0.15) is 4.98 Å². The van der Waals surface area contributed by atoms with E-state index in [2.05, 4.69) is 15.5 Å². The van der Waals surface area contributed by atoms with Crippen molar-refractivity contribution in [3.63, 3.8) is 0 Å². The van der Waals surface area contributed by atoms with E-state index in [0.29, 0.717) is 22.8 Å². The quantitative estimate of drug-likeness (QED) is 0.688. The Morgan fingerprint density at radius 2 is 2.33 bits per heavy atom. The van der Waals surface area contributed by atoms with E-state index in [1.807, 2.05) is 0 Å². The molecule has 0 radical (unpaired) electrons. The maximum atomic E-state index is 11.0. The monoisotopic (exact) mass is 288 g/mol. The summed E-state index contributed by atoms with van der Waals surface area (Å²) >= 11 is 0. The summed E-state index contributed by atoms with van der Waals surface area (Å²) in [7, 11) is 0. The van der Waals surface area contributed by atoms with E-state index in [-0.39, 0.29) is 11.6 Å². The number of hydrogen-bond donors (Lipinski definition) is 1. The van der Waals surface area contributed by atoms with Crippen LogP contribution in [-0.4, -0.2) is 28.2 Å². The minimum absolute atomic E-state index is 0.0617. The van der Waals surface area contributed by atoms with Gasteiger partial charge in [-0.05, 0) is 32.4 Å². The molecule has 1 aromatic carbocycles. The number of rotatable bonds is 3. The predicted molar refractivity (Wildman–Crippen MR) is 76.0 cm³/mol. The van der Waals surface area contributed by atoms with Gasteiger partial charge < -0.3 is 9.84 Å². The van der Waals surface area contributed by atoms with Gasteiger partial charge >= 0.3 is 0 Å². The fourth-order valence-corrected chi connectivity index (χ4v) is 2.64. The number of piperidine rings is 1. The minimum Gasteiger partial charge on any atom is -0.334 e. The highest BCUT2D eigenvalue weighted by molar-refractivity contribution is 5.64. The molecule has 2 heterocycles. The van der Waals surface area contributed by atoms with Gasteiger partial charge in [-0.1, -0.05) is 11.2 Å². The Morgan fingerprint density at radius 1 is 1.48 bits per heavy atom. The van der Waals surface area contributed by atoms with E-state index in [4.69, 9.17) is 4.52 Å². The van der Waals surface area contributed by atoms with Crippen LogP contribution in [0.25, 0.3) is 11.5 Å². The van der Waals surface area contributed by atoms with Crippen molar-refractivity contribution in [1.82, 2.24) is 15.5 Å². The second kappa shape index (κ2) is 5.61. The number of benzene rings is 1. The highest BCUT2D eigenvalue weighted by atomic mass is 16.6. The highest BCUT2D eigenvalue weighted by Gasteiger charge is 2.23. The third-order valence-electron chi connectivity index (χ3n) is 3.84. The average Bonchev–Trinajstić information content (AvgIpc) is 2.98. The number of aromatic nitrogens is 2. The maximum absolute atomic E-state index is 11.0. The van der Waals surface area contributed by atoms with E-state index >= 15 is 0 Å². The van der Waals surface area contributed by atoms with Crippen LogP contribution in [0.5, 0.6) is 0 Å². The molecule has 0 saturated carbocycles. The normalized spacial score (nSPS) is 18.6. The summed E-state index contributed by atoms with van der Waals surface area (Å²) < 4.78 is 5.31. The Labute approximate surface area is 121 Å². The molecule has 3 rings (SSSR count). The molecule has 1 saturated heterocycles. The van der Waals surface area contributed by atoms with Gasteiger partial charge in [-0.15, -0.1) is 0 Å². The molecule has 1 atom stereocenters. The SMILES string of the molecule is Cc1c(-c2nc(C3CCCNC3)no2)cccc1[N+](=O)[O-]. The Balaban J connectivity index is 1.93. The summed E-state index contributed by atoms with van der Waals surface area (Å²) in [4.78, 5) is 15.0. The summed E-state index contributed by atoms with van der Waals surface area (Å²) in [5, 5.41) is 18.3. The smallest absolute Gasteiger partial charge is 0.273 e. The summed E-state index contributed by atoms with van der Waals surface area (Å²) in [6.45, 7) is 3.55. The molecular formula is C14H16N4O3. The zero-order chi connectivity index (χ0) is 14.8. The van der Waals surface area contributed by atoms with E-state index in [1.54, 1.807) is 19.1 Å². The first-order valence-electron chi connectivity index (χ1n) is 6.95. The molecule has 0 amide bonds. The molecule has 1 aliphatic heterocycles. The van der Waals surface area contributed by atoms with Gasteiger partial charge in [0.1, 0.15) is 0 Å². The number of nitrogens with one attached hydrogen (secondary N) is 1. The summed E-state index contributed by atoms with van der Waals surface area (Å²) in [6, 6.07) is 4.87. The largest absolute Gasteiger partial charge is 0.334 e. The summed E-state index contributed by atoms with van der Waals surface area (Å²) in [5.41, 5.74) is 1.22. The van der Waals surface area contributed by atoms with E-state index < -0.39 is 4.92 Å². The van der Waals surface area contributed by atoms with Crippen molar-refractivity contribution in [2.75, 3.05) is 13.1 Å². The zero-order valence-electron chi connectivity index (χ0n) is 11.7. The van der Waals surface area contributed by atoms with Crippen LogP contribution in [-0.2, 0) is 0 Å². The van der Waals surface area contributed by atoms with Crippen LogP contribution in [0.3, 0.4) is 0 Å². The highest BCUT2D eigenvalue weighted by Crippen LogP contribution is 2.30. The molecule has 1 unspecified atom stereocenters. The lowest BCUT2D eigenvalue weighted by Gasteiger charge is -2.19. The summed E-state index contributed by atoms with van der Waals surface area (Å²) in [6.07, 6.45) is 2.12. The van der Waals surface area contributed by atoms with Gasteiger partial charge in [-0.25, -0.2) is 0 Å². The lowest BCUT2D eigenvalue weighted by molar-refractivity contribution is -0.385. The van der Waals surface area contributed by atoms with Crippen LogP contribution in [0, 0.1) is 17.0 Å². The van der Waals surface area contributed by atoms with Gasteiger partial charge in [0.15, 0.2) is 5.82 Å².